The number of aldehydes is 1. The summed E-state index contributed by atoms with van der Waals surface area (Å²) in [5.41, 5.74) is 3.66. The fourth-order valence-corrected chi connectivity index (χ4v) is 4.07. The van der Waals surface area contributed by atoms with Crippen molar-refractivity contribution in [1.82, 2.24) is 15.1 Å². The Bertz CT molecular complexity index is 836. The minimum absolute atomic E-state index is 0.0585. The average Bonchev–Trinajstić information content (AvgIpc) is 3.32. The molecule has 2 aliphatic heterocycles. The molecule has 0 bridgehead atoms. The quantitative estimate of drug-likeness (QED) is 0.424. The van der Waals surface area contributed by atoms with Crippen LogP contribution in [0.15, 0.2) is 59.8 Å². The first kappa shape index (κ1) is 28.3. The maximum absolute atomic E-state index is 12.1. The predicted molar refractivity (Wildman–Crippen MR) is 136 cm³/mol. The van der Waals surface area contributed by atoms with Gasteiger partial charge in [0.25, 0.3) is 5.91 Å². The molecule has 0 aromatic heterocycles. The van der Waals surface area contributed by atoms with Crippen LogP contribution in [0, 0.1) is 5.92 Å². The molecule has 2 amide bonds. The minimum atomic E-state index is -0.361. The Morgan fingerprint density at radius 3 is 2.39 bits per heavy atom. The number of rotatable bonds is 9. The van der Waals surface area contributed by atoms with Gasteiger partial charge < -0.3 is 15.0 Å². The molecule has 33 heavy (non-hydrogen) atoms. The summed E-state index contributed by atoms with van der Waals surface area (Å²) in [6.45, 7) is 19.4. The van der Waals surface area contributed by atoms with Gasteiger partial charge in [0.2, 0.25) is 5.91 Å². The largest absolute Gasteiger partial charge is 0.351 e. The number of allylic oxidation sites excluding steroid dienone is 2. The fraction of sp³-hybridized carbons (Fsp3) is 0.519. The monoisotopic (exact) mass is 455 g/mol. The van der Waals surface area contributed by atoms with E-state index in [9.17, 15) is 14.4 Å². The van der Waals surface area contributed by atoms with Crippen molar-refractivity contribution in [2.24, 2.45) is 5.92 Å². The summed E-state index contributed by atoms with van der Waals surface area (Å²) in [5, 5.41) is 2.98. The third kappa shape index (κ3) is 7.67. The van der Waals surface area contributed by atoms with Gasteiger partial charge in [-0.2, -0.15) is 0 Å². The molecule has 0 aliphatic carbocycles. The van der Waals surface area contributed by atoms with Crippen LogP contribution in [0.2, 0.25) is 0 Å². The Kier molecular flexibility index (Phi) is 11.8. The first-order valence-electron chi connectivity index (χ1n) is 11.7. The highest BCUT2D eigenvalue weighted by Crippen LogP contribution is 2.25. The van der Waals surface area contributed by atoms with E-state index in [1.165, 1.54) is 0 Å². The van der Waals surface area contributed by atoms with Gasteiger partial charge >= 0.3 is 0 Å². The smallest absolute Gasteiger partial charge is 0.255 e. The van der Waals surface area contributed by atoms with Crippen molar-refractivity contribution in [2.75, 3.05) is 26.7 Å². The molecule has 2 unspecified atom stereocenters. The zero-order chi connectivity index (χ0) is 25.1. The van der Waals surface area contributed by atoms with Crippen LogP contribution in [-0.4, -0.2) is 66.7 Å². The molecule has 0 aromatic rings. The number of carbonyl (C=O) groups excluding carboxylic acids is 3. The second-order valence-corrected chi connectivity index (χ2v) is 8.90. The van der Waals surface area contributed by atoms with Crippen molar-refractivity contribution in [1.29, 1.82) is 0 Å². The Balaban J connectivity index is 0.000000331. The molecule has 0 saturated carbocycles. The second-order valence-electron chi connectivity index (χ2n) is 8.90. The van der Waals surface area contributed by atoms with Crippen LogP contribution in [-0.2, 0) is 14.4 Å². The van der Waals surface area contributed by atoms with Crippen LogP contribution in [0.25, 0.3) is 0 Å². The lowest BCUT2D eigenvalue weighted by molar-refractivity contribution is -0.132. The zero-order valence-corrected chi connectivity index (χ0v) is 21.2. The number of amides is 2. The number of nitrogens with one attached hydrogen (secondary N) is 1. The number of nitrogens with zero attached hydrogens (tertiary/aromatic N) is 2. The van der Waals surface area contributed by atoms with Crippen molar-refractivity contribution in [3.63, 3.8) is 0 Å². The van der Waals surface area contributed by atoms with Gasteiger partial charge in [-0.3, -0.25) is 14.5 Å². The van der Waals surface area contributed by atoms with E-state index in [4.69, 9.17) is 0 Å². The summed E-state index contributed by atoms with van der Waals surface area (Å²) in [7, 11) is 2.01. The molecule has 2 atom stereocenters. The Morgan fingerprint density at radius 1 is 1.30 bits per heavy atom. The molecule has 2 aliphatic rings. The first-order chi connectivity index (χ1) is 15.6. The van der Waals surface area contributed by atoms with Crippen LogP contribution in [0.5, 0.6) is 0 Å². The van der Waals surface area contributed by atoms with Gasteiger partial charge in [0.1, 0.15) is 6.29 Å². The summed E-state index contributed by atoms with van der Waals surface area (Å²) in [6, 6.07) is -0.302. The van der Waals surface area contributed by atoms with E-state index in [2.05, 4.69) is 23.4 Å². The van der Waals surface area contributed by atoms with E-state index in [0.29, 0.717) is 18.7 Å². The summed E-state index contributed by atoms with van der Waals surface area (Å²) in [6.07, 6.45) is 10.3. The topological polar surface area (TPSA) is 69.7 Å². The predicted octanol–water partition coefficient (Wildman–Crippen LogP) is 3.83. The molecular formula is C27H41N3O3. The summed E-state index contributed by atoms with van der Waals surface area (Å²) >= 11 is 0. The third-order valence-electron chi connectivity index (χ3n) is 6.11. The van der Waals surface area contributed by atoms with Crippen molar-refractivity contribution in [2.45, 2.75) is 59.5 Å². The van der Waals surface area contributed by atoms with E-state index >= 15 is 0 Å². The summed E-state index contributed by atoms with van der Waals surface area (Å²) < 4.78 is 0. The normalized spacial score (nSPS) is 20.2. The number of likely N-dealkylation sites (N-methyl/N-ethyl adjacent to an activating group) is 1. The minimum Gasteiger partial charge on any atom is -0.351 e. The van der Waals surface area contributed by atoms with Crippen LogP contribution in [0.3, 0.4) is 0 Å². The van der Waals surface area contributed by atoms with E-state index in [1.54, 1.807) is 11.0 Å². The van der Waals surface area contributed by atoms with Gasteiger partial charge in [0, 0.05) is 18.7 Å². The molecule has 2 heterocycles. The number of likely N-dealkylation sites (tertiary alicyclic amines) is 1. The van der Waals surface area contributed by atoms with Gasteiger partial charge in [-0.15, -0.1) is 0 Å². The summed E-state index contributed by atoms with van der Waals surface area (Å²) in [4.78, 5) is 38.8. The molecule has 6 heteroatoms. The van der Waals surface area contributed by atoms with E-state index in [0.717, 1.165) is 42.4 Å². The van der Waals surface area contributed by atoms with E-state index in [-0.39, 0.29) is 29.8 Å². The molecule has 2 rings (SSSR count). The maximum atomic E-state index is 12.1. The lowest BCUT2D eigenvalue weighted by Gasteiger charge is -2.26. The highest BCUT2D eigenvalue weighted by Gasteiger charge is 2.33. The highest BCUT2D eigenvalue weighted by atomic mass is 16.2. The van der Waals surface area contributed by atoms with Crippen molar-refractivity contribution in [3.05, 3.63) is 59.8 Å². The number of carbonyl (C=O) groups is 3. The Hall–Kier alpha value is -2.73. The standard InChI is InChI=1S/C14H19NO2.C13H22N2O/c1-5-7-11-8-15(13(9-16)10(3)4)14(17)12(11)6-2;1-5-11(10(2)3)9-14-13(16)12-7-6-8-15(12)4/h5-7,9-10,13H,2,8H2,1,3-4H3;5,12H,2,6-9H2,1,3-4H3,(H,14,16)/b7-5-;11-5-. The summed E-state index contributed by atoms with van der Waals surface area (Å²) in [5.74, 6) is 0.159. The molecule has 6 nitrogen and oxygen atoms in total. The van der Waals surface area contributed by atoms with Crippen molar-refractivity contribution < 1.29 is 14.4 Å². The van der Waals surface area contributed by atoms with Crippen LogP contribution in [0.1, 0.15) is 47.5 Å². The van der Waals surface area contributed by atoms with Gasteiger partial charge in [-0.05, 0) is 64.3 Å². The number of hydrogen-bond acceptors (Lipinski definition) is 4. The average molecular weight is 456 g/mol. The molecule has 182 valence electrons. The fourth-order valence-electron chi connectivity index (χ4n) is 4.07. The molecule has 1 saturated heterocycles. The van der Waals surface area contributed by atoms with Gasteiger partial charge in [-0.25, -0.2) is 0 Å². The Labute approximate surface area is 199 Å². The SMILES string of the molecule is C=C(C)/C(=C\C)CNC(=O)C1CCCN1C.C=CC1=C(/C=C\C)CN(C(C=O)C(C)C)C1=O. The molecular weight excluding hydrogens is 414 g/mol. The molecule has 0 aromatic carbocycles. The van der Waals surface area contributed by atoms with Gasteiger partial charge in [0.15, 0.2) is 0 Å². The molecule has 1 fully saturated rings. The van der Waals surface area contributed by atoms with E-state index in [1.807, 2.05) is 59.9 Å². The first-order valence-corrected chi connectivity index (χ1v) is 11.7. The van der Waals surface area contributed by atoms with E-state index < -0.39 is 0 Å². The van der Waals surface area contributed by atoms with Gasteiger partial charge in [-0.1, -0.05) is 56.9 Å². The molecule has 1 N–H and O–H groups in total. The second kappa shape index (κ2) is 13.7. The molecule has 0 radical (unpaired) electrons. The zero-order valence-electron chi connectivity index (χ0n) is 21.2. The van der Waals surface area contributed by atoms with Crippen LogP contribution < -0.4 is 5.32 Å². The van der Waals surface area contributed by atoms with Crippen LogP contribution >= 0.6 is 0 Å². The van der Waals surface area contributed by atoms with Crippen molar-refractivity contribution >= 4 is 18.1 Å². The number of hydrogen-bond donors (Lipinski definition) is 1. The Morgan fingerprint density at radius 2 is 1.97 bits per heavy atom. The van der Waals surface area contributed by atoms with Gasteiger partial charge in [0.05, 0.1) is 12.1 Å². The van der Waals surface area contributed by atoms with Crippen molar-refractivity contribution in [3.8, 4) is 0 Å². The third-order valence-corrected chi connectivity index (χ3v) is 6.11. The lowest BCUT2D eigenvalue weighted by Crippen LogP contribution is -2.42. The van der Waals surface area contributed by atoms with Crippen LogP contribution in [0.4, 0.5) is 0 Å². The molecule has 0 spiro atoms. The highest BCUT2D eigenvalue weighted by molar-refractivity contribution is 6.01. The lowest BCUT2D eigenvalue weighted by atomic mass is 10.0. The maximum Gasteiger partial charge on any atom is 0.255 e.